The maximum absolute atomic E-state index is 11.4. The van der Waals surface area contributed by atoms with Gasteiger partial charge in [0.25, 0.3) is 0 Å². The highest BCUT2D eigenvalue weighted by molar-refractivity contribution is 6.66. The number of piperazine rings is 1. The van der Waals surface area contributed by atoms with Crippen molar-refractivity contribution in [1.29, 1.82) is 0 Å². The van der Waals surface area contributed by atoms with Crippen molar-refractivity contribution in [3.63, 3.8) is 0 Å². The Morgan fingerprint density at radius 1 is 1.32 bits per heavy atom. The first-order chi connectivity index (χ1) is 10.5. The van der Waals surface area contributed by atoms with Crippen molar-refractivity contribution in [2.75, 3.05) is 26.2 Å². The molecule has 1 aromatic rings. The van der Waals surface area contributed by atoms with E-state index in [4.69, 9.17) is 16.0 Å². The van der Waals surface area contributed by atoms with Gasteiger partial charge in [0.15, 0.2) is 5.89 Å². The molecule has 1 fully saturated rings. The first-order valence-electron chi connectivity index (χ1n) is 6.83. The zero-order valence-electron chi connectivity index (χ0n) is 12.6. The van der Waals surface area contributed by atoms with Crippen LogP contribution in [0.25, 0.3) is 0 Å². The second-order valence-electron chi connectivity index (χ2n) is 4.67. The van der Waals surface area contributed by atoms with Crippen LogP contribution in [-0.2, 0) is 16.1 Å². The second kappa shape index (κ2) is 9.17. The van der Waals surface area contributed by atoms with E-state index in [0.717, 1.165) is 44.5 Å². The van der Waals surface area contributed by atoms with Crippen LogP contribution in [0, 0.1) is 6.92 Å². The van der Waals surface area contributed by atoms with Gasteiger partial charge in [0, 0.05) is 39.6 Å². The van der Waals surface area contributed by atoms with Crippen molar-refractivity contribution >= 4 is 22.8 Å². The molecule has 2 rings (SSSR count). The molecule has 0 atom stereocenters. The lowest BCUT2D eigenvalue weighted by molar-refractivity contribution is -0.127. The van der Waals surface area contributed by atoms with Gasteiger partial charge in [-0.2, -0.15) is 0 Å². The quantitative estimate of drug-likeness (QED) is 0.623. The molecular weight excluding hydrogens is 306 g/mol. The highest BCUT2D eigenvalue weighted by Gasteiger charge is 2.19. The number of aryl methyl sites for hydroxylation is 1. The summed E-state index contributed by atoms with van der Waals surface area (Å²) < 4.78 is 5.17. The van der Waals surface area contributed by atoms with Gasteiger partial charge in [-0.3, -0.25) is 14.5 Å². The van der Waals surface area contributed by atoms with Gasteiger partial charge in [-0.15, -0.1) is 0 Å². The van der Waals surface area contributed by atoms with Crippen molar-refractivity contribution < 1.29 is 14.0 Å². The largest absolute Gasteiger partial charge is 0.449 e. The van der Waals surface area contributed by atoms with Crippen LogP contribution in [-0.4, -0.2) is 52.1 Å². The lowest BCUT2D eigenvalue weighted by Gasteiger charge is -2.33. The van der Waals surface area contributed by atoms with E-state index >= 15 is 0 Å². The molecule has 1 aromatic heterocycles. The summed E-state index contributed by atoms with van der Waals surface area (Å²) in [5.74, 6) is 0.711. The third-order valence-corrected chi connectivity index (χ3v) is 3.23. The van der Waals surface area contributed by atoms with Crippen LogP contribution in [0.15, 0.2) is 36.0 Å². The number of carbonyl (C=O) groups excluding carboxylic acids is 2. The minimum absolute atomic E-state index is 0.0157. The summed E-state index contributed by atoms with van der Waals surface area (Å²) in [7, 11) is 0. The minimum atomic E-state index is -0.509. The molecule has 1 saturated heterocycles. The topological polar surface area (TPSA) is 66.7 Å². The smallest absolute Gasteiger partial charge is 0.246 e. The number of hydrogen-bond acceptors (Lipinski definition) is 5. The normalized spacial score (nSPS) is 14.7. The van der Waals surface area contributed by atoms with Crippen LogP contribution in [0.2, 0.25) is 0 Å². The molecule has 120 valence electrons. The lowest BCUT2D eigenvalue weighted by atomic mass is 10.3. The van der Waals surface area contributed by atoms with Gasteiger partial charge in [0.1, 0.15) is 6.26 Å². The molecule has 0 radical (unpaired) electrons. The molecule has 7 heteroatoms. The molecule has 0 spiro atoms. The van der Waals surface area contributed by atoms with Gasteiger partial charge in [-0.1, -0.05) is 13.2 Å². The van der Waals surface area contributed by atoms with Crippen molar-refractivity contribution in [3.8, 4) is 0 Å². The average Bonchev–Trinajstić information content (AvgIpc) is 2.93. The predicted octanol–water partition coefficient (Wildman–Crippen LogP) is 1.75. The van der Waals surface area contributed by atoms with E-state index < -0.39 is 5.24 Å². The molecule has 0 saturated carbocycles. The number of amides is 1. The molecule has 6 nitrogen and oxygen atoms in total. The number of halogens is 1. The number of hydrogen-bond donors (Lipinski definition) is 0. The van der Waals surface area contributed by atoms with Gasteiger partial charge in [0.2, 0.25) is 11.1 Å². The number of oxazole rings is 1. The van der Waals surface area contributed by atoms with E-state index in [-0.39, 0.29) is 5.91 Å². The Bertz CT molecular complexity index is 534. The molecule has 1 aliphatic heterocycles. The number of rotatable bonds is 4. The Kier molecular flexibility index (Phi) is 7.56. The minimum Gasteiger partial charge on any atom is -0.449 e. The zero-order chi connectivity index (χ0) is 16.5. The first-order valence-corrected chi connectivity index (χ1v) is 7.20. The summed E-state index contributed by atoms with van der Waals surface area (Å²) in [5.41, 5.74) is 0.950. The van der Waals surface area contributed by atoms with E-state index in [1.165, 1.54) is 6.08 Å². The van der Waals surface area contributed by atoms with E-state index in [9.17, 15) is 9.59 Å². The number of aromatic nitrogens is 1. The third-order valence-electron chi connectivity index (χ3n) is 3.07. The highest BCUT2D eigenvalue weighted by atomic mass is 35.5. The van der Waals surface area contributed by atoms with Crippen LogP contribution in [0.5, 0.6) is 0 Å². The monoisotopic (exact) mass is 325 g/mol. The summed E-state index contributed by atoms with van der Waals surface area (Å²) in [4.78, 5) is 29.2. The number of carbonyl (C=O) groups is 2. The Morgan fingerprint density at radius 3 is 2.32 bits per heavy atom. The summed E-state index contributed by atoms with van der Waals surface area (Å²) in [5, 5.41) is -0.509. The van der Waals surface area contributed by atoms with E-state index in [1.54, 1.807) is 6.26 Å². The fourth-order valence-corrected chi connectivity index (χ4v) is 1.97. The summed E-state index contributed by atoms with van der Waals surface area (Å²) in [6.45, 7) is 12.4. The standard InChI is InChI=1S/C12H17N3O2.C3H3ClO/c1-3-12(16)15-6-4-14(5-7-15)8-11-9-17-10(2)13-11;1-2-3(4)5/h3,9H,1,4-8H2,2H3;2H,1H2. The zero-order valence-corrected chi connectivity index (χ0v) is 13.4. The second-order valence-corrected chi connectivity index (χ2v) is 5.04. The van der Waals surface area contributed by atoms with Crippen molar-refractivity contribution in [2.24, 2.45) is 0 Å². The van der Waals surface area contributed by atoms with Crippen LogP contribution >= 0.6 is 11.6 Å². The fourth-order valence-electron chi connectivity index (χ4n) is 1.97. The highest BCUT2D eigenvalue weighted by Crippen LogP contribution is 2.08. The Balaban J connectivity index is 0.000000422. The first kappa shape index (κ1) is 18.1. The van der Waals surface area contributed by atoms with Crippen molar-refractivity contribution in [3.05, 3.63) is 43.2 Å². The molecule has 0 N–H and O–H groups in total. The van der Waals surface area contributed by atoms with Crippen LogP contribution in [0.4, 0.5) is 0 Å². The van der Waals surface area contributed by atoms with E-state index in [1.807, 2.05) is 11.8 Å². The number of allylic oxidation sites excluding steroid dienone is 1. The SMILES string of the molecule is C=CC(=O)Cl.C=CC(=O)N1CCN(Cc2coc(C)n2)CC1. The lowest BCUT2D eigenvalue weighted by Crippen LogP contribution is -2.47. The molecule has 2 heterocycles. The van der Waals surface area contributed by atoms with Gasteiger partial charge < -0.3 is 9.32 Å². The van der Waals surface area contributed by atoms with Gasteiger partial charge in [-0.05, 0) is 23.8 Å². The predicted molar refractivity (Wildman–Crippen MR) is 84.4 cm³/mol. The molecule has 0 aliphatic carbocycles. The Morgan fingerprint density at radius 2 is 1.91 bits per heavy atom. The van der Waals surface area contributed by atoms with Crippen LogP contribution in [0.3, 0.4) is 0 Å². The van der Waals surface area contributed by atoms with Crippen molar-refractivity contribution in [1.82, 2.24) is 14.8 Å². The molecule has 1 amide bonds. The van der Waals surface area contributed by atoms with Gasteiger partial charge in [0.05, 0.1) is 5.69 Å². The summed E-state index contributed by atoms with van der Waals surface area (Å²) in [6, 6.07) is 0. The summed E-state index contributed by atoms with van der Waals surface area (Å²) >= 11 is 4.71. The Labute approximate surface area is 135 Å². The molecule has 22 heavy (non-hydrogen) atoms. The van der Waals surface area contributed by atoms with Crippen LogP contribution in [0.1, 0.15) is 11.6 Å². The maximum atomic E-state index is 11.4. The summed E-state index contributed by atoms with van der Waals surface area (Å²) in [6.07, 6.45) is 4.11. The fraction of sp³-hybridized carbons (Fsp3) is 0.400. The van der Waals surface area contributed by atoms with Crippen LogP contribution < -0.4 is 0 Å². The van der Waals surface area contributed by atoms with E-state index in [2.05, 4.69) is 23.0 Å². The molecule has 0 bridgehead atoms. The molecule has 1 aliphatic rings. The number of nitrogens with zero attached hydrogens (tertiary/aromatic N) is 3. The third kappa shape index (κ3) is 6.24. The van der Waals surface area contributed by atoms with Gasteiger partial charge in [-0.25, -0.2) is 4.98 Å². The Hall–Kier alpha value is -1.92. The molecular formula is C15H20ClN3O3. The molecule has 0 aromatic carbocycles. The molecule has 0 unspecified atom stereocenters. The van der Waals surface area contributed by atoms with Gasteiger partial charge >= 0.3 is 0 Å². The maximum Gasteiger partial charge on any atom is 0.246 e. The van der Waals surface area contributed by atoms with E-state index in [0.29, 0.717) is 5.89 Å². The van der Waals surface area contributed by atoms with Crippen molar-refractivity contribution in [2.45, 2.75) is 13.5 Å². The average molecular weight is 326 g/mol.